The van der Waals surface area contributed by atoms with E-state index in [0.29, 0.717) is 23.0 Å². The number of thiophene rings is 1. The highest BCUT2D eigenvalue weighted by atomic mass is 32.1. The van der Waals surface area contributed by atoms with E-state index in [2.05, 4.69) is 12.2 Å². The second-order valence-electron chi connectivity index (χ2n) is 5.82. The quantitative estimate of drug-likeness (QED) is 0.848. The number of carbonyl (C=O) groups excluding carboxylic acids is 1. The lowest BCUT2D eigenvalue weighted by Gasteiger charge is -2.16. The van der Waals surface area contributed by atoms with Crippen molar-refractivity contribution in [3.63, 3.8) is 0 Å². The Kier molecular flexibility index (Phi) is 4.07. The Balaban J connectivity index is 1.76. The Morgan fingerprint density at radius 3 is 2.95 bits per heavy atom. The van der Waals surface area contributed by atoms with E-state index < -0.39 is 0 Å². The molecule has 1 aromatic heterocycles. The average Bonchev–Trinajstić information content (AvgIpc) is 2.90. The second-order valence-corrected chi connectivity index (χ2v) is 6.95. The van der Waals surface area contributed by atoms with Gasteiger partial charge in [-0.1, -0.05) is 6.92 Å². The molecule has 5 heteroatoms. The van der Waals surface area contributed by atoms with Crippen molar-refractivity contribution in [2.75, 3.05) is 18.2 Å². The summed E-state index contributed by atoms with van der Waals surface area (Å²) in [6, 6.07) is 7.30. The lowest BCUT2D eigenvalue weighted by molar-refractivity contribution is 0.103. The third-order valence-electron chi connectivity index (χ3n) is 4.04. The highest BCUT2D eigenvalue weighted by molar-refractivity contribution is 7.14. The smallest absolute Gasteiger partial charge is 0.265 e. The van der Waals surface area contributed by atoms with Crippen LogP contribution >= 0.6 is 11.3 Å². The summed E-state index contributed by atoms with van der Waals surface area (Å²) in [6.45, 7) is 2.26. The van der Waals surface area contributed by atoms with Crippen LogP contribution in [0.5, 0.6) is 5.75 Å². The van der Waals surface area contributed by atoms with E-state index in [9.17, 15) is 4.79 Å². The van der Waals surface area contributed by atoms with E-state index >= 15 is 0 Å². The molecule has 0 radical (unpaired) electrons. The minimum absolute atomic E-state index is 0.0726. The predicted octanol–water partition coefficient (Wildman–Crippen LogP) is 3.72. The van der Waals surface area contributed by atoms with Crippen molar-refractivity contribution in [2.45, 2.75) is 26.2 Å². The topological polar surface area (TPSA) is 64.3 Å². The predicted molar refractivity (Wildman–Crippen MR) is 90.9 cm³/mol. The van der Waals surface area contributed by atoms with E-state index in [0.717, 1.165) is 17.7 Å². The van der Waals surface area contributed by atoms with Gasteiger partial charge >= 0.3 is 0 Å². The molecule has 1 heterocycles. The van der Waals surface area contributed by atoms with Crippen LogP contribution < -0.4 is 15.8 Å². The molecule has 116 valence electrons. The van der Waals surface area contributed by atoms with Gasteiger partial charge < -0.3 is 15.8 Å². The van der Waals surface area contributed by atoms with Gasteiger partial charge in [-0.25, -0.2) is 0 Å². The Bertz CT molecular complexity index is 709. The van der Waals surface area contributed by atoms with E-state index in [4.69, 9.17) is 10.5 Å². The van der Waals surface area contributed by atoms with Gasteiger partial charge in [0.1, 0.15) is 5.75 Å². The number of nitrogens with one attached hydrogen (secondary N) is 1. The van der Waals surface area contributed by atoms with Crippen LogP contribution in [0.3, 0.4) is 0 Å². The van der Waals surface area contributed by atoms with Crippen molar-refractivity contribution in [2.24, 2.45) is 5.92 Å². The third kappa shape index (κ3) is 2.95. The van der Waals surface area contributed by atoms with Crippen LogP contribution in [0.15, 0.2) is 24.3 Å². The van der Waals surface area contributed by atoms with Crippen molar-refractivity contribution in [1.82, 2.24) is 0 Å². The zero-order chi connectivity index (χ0) is 15.7. The molecule has 0 bridgehead atoms. The molecule has 0 fully saturated rings. The lowest BCUT2D eigenvalue weighted by atomic mass is 9.90. The number of benzene rings is 1. The van der Waals surface area contributed by atoms with Crippen LogP contribution in [0.1, 0.15) is 33.5 Å². The summed E-state index contributed by atoms with van der Waals surface area (Å²) in [7, 11) is 1.57. The van der Waals surface area contributed by atoms with Crippen molar-refractivity contribution in [1.29, 1.82) is 0 Å². The molecule has 1 aliphatic carbocycles. The largest absolute Gasteiger partial charge is 0.495 e. The summed E-state index contributed by atoms with van der Waals surface area (Å²) in [5, 5.41) is 2.91. The first-order valence-electron chi connectivity index (χ1n) is 7.43. The van der Waals surface area contributed by atoms with Gasteiger partial charge in [-0.15, -0.1) is 11.3 Å². The standard InChI is InChI=1S/C17H20N2O2S/c1-10-3-6-15-11(7-10)8-16(22-15)17(20)19-12-4-5-14(21-2)13(18)9-12/h4-5,8-10H,3,6-7,18H2,1-2H3,(H,19,20). The monoisotopic (exact) mass is 316 g/mol. The summed E-state index contributed by atoms with van der Waals surface area (Å²) in [6.07, 6.45) is 3.38. The van der Waals surface area contributed by atoms with Crippen molar-refractivity contribution in [3.8, 4) is 5.75 Å². The average molecular weight is 316 g/mol. The fraction of sp³-hybridized carbons (Fsp3) is 0.353. The van der Waals surface area contributed by atoms with Gasteiger partial charge in [-0.05, 0) is 55.0 Å². The molecule has 0 spiro atoms. The number of nitrogens with two attached hydrogens (primary N) is 1. The second kappa shape index (κ2) is 6.01. The first-order chi connectivity index (χ1) is 10.6. The molecule has 2 aromatic rings. The van der Waals surface area contributed by atoms with E-state index in [1.54, 1.807) is 36.6 Å². The number of carbonyl (C=O) groups is 1. The maximum absolute atomic E-state index is 12.4. The Morgan fingerprint density at radius 2 is 2.23 bits per heavy atom. The normalized spacial score (nSPS) is 16.9. The van der Waals surface area contributed by atoms with Gasteiger partial charge in [0.25, 0.3) is 5.91 Å². The molecule has 1 atom stereocenters. The number of anilines is 2. The number of methoxy groups -OCH3 is 1. The van der Waals surface area contributed by atoms with Gasteiger partial charge in [0, 0.05) is 10.6 Å². The number of amides is 1. The fourth-order valence-corrected chi connectivity index (χ4v) is 3.93. The van der Waals surface area contributed by atoms with Crippen LogP contribution in [-0.2, 0) is 12.8 Å². The minimum atomic E-state index is -0.0726. The highest BCUT2D eigenvalue weighted by Crippen LogP contribution is 2.33. The molecule has 1 amide bonds. The maximum atomic E-state index is 12.4. The zero-order valence-electron chi connectivity index (χ0n) is 12.8. The highest BCUT2D eigenvalue weighted by Gasteiger charge is 2.20. The van der Waals surface area contributed by atoms with Crippen molar-refractivity contribution >= 4 is 28.6 Å². The number of hydrogen-bond acceptors (Lipinski definition) is 4. The molecule has 0 saturated heterocycles. The maximum Gasteiger partial charge on any atom is 0.265 e. The van der Waals surface area contributed by atoms with Crippen molar-refractivity contribution in [3.05, 3.63) is 39.6 Å². The summed E-state index contributed by atoms with van der Waals surface area (Å²) >= 11 is 1.61. The molecule has 4 nitrogen and oxygen atoms in total. The SMILES string of the molecule is COc1ccc(NC(=O)c2cc3c(s2)CCC(C)C3)cc1N. The number of rotatable bonds is 3. The van der Waals surface area contributed by atoms with Gasteiger partial charge in [-0.2, -0.15) is 0 Å². The summed E-state index contributed by atoms with van der Waals surface area (Å²) in [4.78, 5) is 14.5. The molecule has 1 aromatic carbocycles. The van der Waals surface area contributed by atoms with Crippen LogP contribution in [0, 0.1) is 5.92 Å². The van der Waals surface area contributed by atoms with Crippen LogP contribution in [0.25, 0.3) is 0 Å². The molecule has 0 aliphatic heterocycles. The Labute approximate surface area is 134 Å². The Hall–Kier alpha value is -2.01. The fourth-order valence-electron chi connectivity index (χ4n) is 2.82. The molecule has 0 saturated carbocycles. The summed E-state index contributed by atoms with van der Waals surface area (Å²) < 4.78 is 5.12. The number of nitrogen functional groups attached to an aromatic ring is 1. The van der Waals surface area contributed by atoms with Gasteiger partial charge in [-0.3, -0.25) is 4.79 Å². The molecule has 3 N–H and O–H groups in total. The Morgan fingerprint density at radius 1 is 1.41 bits per heavy atom. The molecular weight excluding hydrogens is 296 g/mol. The van der Waals surface area contributed by atoms with Crippen molar-refractivity contribution < 1.29 is 9.53 Å². The number of aryl methyl sites for hydroxylation is 1. The first kappa shape index (κ1) is 14.9. The minimum Gasteiger partial charge on any atom is -0.495 e. The molecule has 1 aliphatic rings. The lowest BCUT2D eigenvalue weighted by Crippen LogP contribution is -2.10. The van der Waals surface area contributed by atoms with Crippen LogP contribution in [0.2, 0.25) is 0 Å². The van der Waals surface area contributed by atoms with E-state index in [-0.39, 0.29) is 5.91 Å². The summed E-state index contributed by atoms with van der Waals surface area (Å²) in [5.74, 6) is 1.24. The number of ether oxygens (including phenoxy) is 1. The third-order valence-corrected chi connectivity index (χ3v) is 5.28. The van der Waals surface area contributed by atoms with Gasteiger partial charge in [0.15, 0.2) is 0 Å². The molecule has 22 heavy (non-hydrogen) atoms. The van der Waals surface area contributed by atoms with E-state index in [1.807, 2.05) is 6.07 Å². The first-order valence-corrected chi connectivity index (χ1v) is 8.25. The zero-order valence-corrected chi connectivity index (χ0v) is 13.6. The van der Waals surface area contributed by atoms with Crippen LogP contribution in [-0.4, -0.2) is 13.0 Å². The van der Waals surface area contributed by atoms with Gasteiger partial charge in [0.05, 0.1) is 17.7 Å². The van der Waals surface area contributed by atoms with Crippen LogP contribution in [0.4, 0.5) is 11.4 Å². The number of fused-ring (bicyclic) bond motifs is 1. The molecule has 3 rings (SSSR count). The summed E-state index contributed by atoms with van der Waals surface area (Å²) in [5.41, 5.74) is 8.40. The molecular formula is C17H20N2O2S. The number of hydrogen-bond donors (Lipinski definition) is 2. The van der Waals surface area contributed by atoms with Gasteiger partial charge in [0.2, 0.25) is 0 Å². The molecule has 1 unspecified atom stereocenters. The van der Waals surface area contributed by atoms with E-state index in [1.165, 1.54) is 16.9 Å².